The number of unbranched alkanes of at least 4 members (excludes halogenated alkanes) is 2. The second kappa shape index (κ2) is 15.2. The van der Waals surface area contributed by atoms with Crippen LogP contribution in [-0.2, 0) is 0 Å². The van der Waals surface area contributed by atoms with Crippen LogP contribution in [0.1, 0.15) is 101 Å². The van der Waals surface area contributed by atoms with E-state index in [0.29, 0.717) is 53.7 Å². The Labute approximate surface area is 250 Å². The molecular weight excluding hydrogens is 528 g/mol. The second-order valence-corrected chi connectivity index (χ2v) is 11.6. The number of amides is 1. The predicted molar refractivity (Wildman–Crippen MR) is 169 cm³/mol. The van der Waals surface area contributed by atoms with Gasteiger partial charge in [0, 0.05) is 6.54 Å². The van der Waals surface area contributed by atoms with Gasteiger partial charge in [-0.05, 0) is 88.0 Å². The average molecular weight is 577 g/mol. The van der Waals surface area contributed by atoms with Gasteiger partial charge in [0.1, 0.15) is 5.58 Å². The van der Waals surface area contributed by atoms with E-state index in [-0.39, 0.29) is 17.1 Å². The number of rotatable bonds is 17. The van der Waals surface area contributed by atoms with Crippen LogP contribution in [0.4, 0.5) is 0 Å². The van der Waals surface area contributed by atoms with Crippen LogP contribution in [0.3, 0.4) is 0 Å². The van der Waals surface area contributed by atoms with Gasteiger partial charge in [0.25, 0.3) is 5.91 Å². The van der Waals surface area contributed by atoms with E-state index in [1.807, 2.05) is 42.2 Å². The molecule has 3 aromatic rings. The Morgan fingerprint density at radius 2 is 1.62 bits per heavy atom. The lowest BCUT2D eigenvalue weighted by Gasteiger charge is -2.28. The molecule has 0 N–H and O–H groups in total. The minimum absolute atomic E-state index is 0.146. The van der Waals surface area contributed by atoms with Crippen molar-refractivity contribution in [1.82, 2.24) is 9.80 Å². The van der Waals surface area contributed by atoms with Crippen molar-refractivity contribution in [3.63, 3.8) is 0 Å². The van der Waals surface area contributed by atoms with Crippen LogP contribution in [0.5, 0.6) is 11.5 Å². The molecule has 1 aliphatic rings. The number of carbonyl (C=O) groups excluding carboxylic acids is 1. The number of fused-ring (bicyclic) bond motifs is 2. The highest BCUT2D eigenvalue weighted by molar-refractivity contribution is 5.99. The second-order valence-electron chi connectivity index (χ2n) is 11.6. The van der Waals surface area contributed by atoms with E-state index in [4.69, 9.17) is 13.9 Å². The van der Waals surface area contributed by atoms with Crippen molar-refractivity contribution in [3.05, 3.63) is 69.6 Å². The van der Waals surface area contributed by atoms with Gasteiger partial charge in [0.15, 0.2) is 16.9 Å². The van der Waals surface area contributed by atoms with Gasteiger partial charge >= 0.3 is 0 Å². The smallest absolute Gasteiger partial charge is 0.290 e. The summed E-state index contributed by atoms with van der Waals surface area (Å²) in [6.07, 6.45) is 6.39. The first-order valence-electron chi connectivity index (χ1n) is 15.9. The number of carbonyl (C=O) groups is 1. The summed E-state index contributed by atoms with van der Waals surface area (Å²) in [5.41, 5.74) is 1.50. The fourth-order valence-electron chi connectivity index (χ4n) is 5.59. The Morgan fingerprint density at radius 1 is 0.905 bits per heavy atom. The third-order valence-electron chi connectivity index (χ3n) is 7.94. The van der Waals surface area contributed by atoms with Crippen molar-refractivity contribution in [2.45, 2.75) is 79.2 Å². The minimum atomic E-state index is -0.558. The van der Waals surface area contributed by atoms with Crippen LogP contribution in [0.2, 0.25) is 0 Å². The number of ether oxygens (including phenoxy) is 2. The molecule has 0 aliphatic carbocycles. The van der Waals surface area contributed by atoms with Gasteiger partial charge in [-0.25, -0.2) is 0 Å². The molecule has 1 amide bonds. The maximum absolute atomic E-state index is 13.9. The van der Waals surface area contributed by atoms with Crippen molar-refractivity contribution >= 4 is 16.9 Å². The molecule has 0 radical (unpaired) electrons. The summed E-state index contributed by atoms with van der Waals surface area (Å²) < 4.78 is 18.2. The van der Waals surface area contributed by atoms with Gasteiger partial charge in [-0.3, -0.25) is 9.59 Å². The van der Waals surface area contributed by atoms with Crippen molar-refractivity contribution < 1.29 is 18.7 Å². The highest BCUT2D eigenvalue weighted by Crippen LogP contribution is 2.41. The van der Waals surface area contributed by atoms with Gasteiger partial charge in [-0.1, -0.05) is 58.7 Å². The summed E-state index contributed by atoms with van der Waals surface area (Å²) in [7, 11) is 0. The molecule has 0 bridgehead atoms. The lowest BCUT2D eigenvalue weighted by Crippen LogP contribution is -2.34. The Bertz CT molecular complexity index is 1370. The summed E-state index contributed by atoms with van der Waals surface area (Å²) in [5.74, 6) is 1.73. The first kappa shape index (κ1) is 31.6. The SMILES string of the molecule is CCCCN(CCCC)CCCN1C(=O)c2oc3ccccc3c(=O)c2C1c1ccc(OCCC(C)C)c(OCC)c1. The van der Waals surface area contributed by atoms with Crippen molar-refractivity contribution in [1.29, 1.82) is 0 Å². The Kier molecular flexibility index (Phi) is 11.5. The molecular formula is C35H48N2O5. The van der Waals surface area contributed by atoms with Crippen molar-refractivity contribution in [3.8, 4) is 11.5 Å². The molecule has 2 aromatic carbocycles. The van der Waals surface area contributed by atoms with Crippen LogP contribution in [0.15, 0.2) is 51.7 Å². The fraction of sp³-hybridized carbons (Fsp3) is 0.543. The van der Waals surface area contributed by atoms with E-state index in [0.717, 1.165) is 63.7 Å². The number of nitrogens with zero attached hydrogens (tertiary/aromatic N) is 2. The maximum Gasteiger partial charge on any atom is 0.290 e. The topological polar surface area (TPSA) is 72.2 Å². The van der Waals surface area contributed by atoms with Crippen LogP contribution in [0.25, 0.3) is 11.0 Å². The molecule has 1 aromatic heterocycles. The van der Waals surface area contributed by atoms with Crippen molar-refractivity contribution in [2.24, 2.45) is 5.92 Å². The Balaban J connectivity index is 1.69. The van der Waals surface area contributed by atoms with Gasteiger partial charge in [-0.15, -0.1) is 0 Å². The Hall–Kier alpha value is -3.32. The molecule has 7 heteroatoms. The number of hydrogen-bond donors (Lipinski definition) is 0. The van der Waals surface area contributed by atoms with Crippen molar-refractivity contribution in [2.75, 3.05) is 39.4 Å². The summed E-state index contributed by atoms with van der Waals surface area (Å²) in [6.45, 7) is 15.3. The maximum atomic E-state index is 13.9. The van der Waals surface area contributed by atoms with Crippen LogP contribution >= 0.6 is 0 Å². The average Bonchev–Trinajstić information content (AvgIpc) is 3.26. The van der Waals surface area contributed by atoms with Crippen LogP contribution in [-0.4, -0.2) is 55.1 Å². The zero-order chi connectivity index (χ0) is 30.1. The fourth-order valence-corrected chi connectivity index (χ4v) is 5.59. The number of benzene rings is 2. The lowest BCUT2D eigenvalue weighted by molar-refractivity contribution is 0.0718. The summed E-state index contributed by atoms with van der Waals surface area (Å²) in [6, 6.07) is 12.4. The normalized spacial score (nSPS) is 14.8. The quantitative estimate of drug-likeness (QED) is 0.166. The molecule has 1 atom stereocenters. The zero-order valence-electron chi connectivity index (χ0n) is 26.1. The highest BCUT2D eigenvalue weighted by atomic mass is 16.5. The molecule has 0 spiro atoms. The van der Waals surface area contributed by atoms with Gasteiger partial charge in [0.2, 0.25) is 5.76 Å². The molecule has 7 nitrogen and oxygen atoms in total. The molecule has 0 saturated heterocycles. The van der Waals surface area contributed by atoms with E-state index < -0.39 is 6.04 Å². The van der Waals surface area contributed by atoms with Crippen LogP contribution in [0, 0.1) is 5.92 Å². The largest absolute Gasteiger partial charge is 0.490 e. The lowest BCUT2D eigenvalue weighted by atomic mass is 9.98. The summed E-state index contributed by atoms with van der Waals surface area (Å²) >= 11 is 0. The Morgan fingerprint density at radius 3 is 2.31 bits per heavy atom. The minimum Gasteiger partial charge on any atom is -0.490 e. The van der Waals surface area contributed by atoms with E-state index >= 15 is 0 Å². The standard InChI is InChI=1S/C35H48N2O5/c1-6-9-19-36(20-10-7-2)21-13-22-37-32(26-16-17-29(30(24-26)40-8-3)41-23-18-25(4)5)31-33(38)27-14-11-12-15-28(27)42-34(31)35(37)39/h11-12,14-17,24-25,32H,6-10,13,18-23H2,1-5H3. The third kappa shape index (κ3) is 7.35. The third-order valence-corrected chi connectivity index (χ3v) is 7.94. The van der Waals surface area contributed by atoms with E-state index in [2.05, 4.69) is 32.6 Å². The molecule has 228 valence electrons. The molecule has 1 aliphatic heterocycles. The molecule has 42 heavy (non-hydrogen) atoms. The first-order chi connectivity index (χ1) is 20.4. The van der Waals surface area contributed by atoms with E-state index in [1.54, 1.807) is 12.1 Å². The monoisotopic (exact) mass is 576 g/mol. The van der Waals surface area contributed by atoms with Crippen LogP contribution < -0.4 is 14.9 Å². The van der Waals surface area contributed by atoms with Gasteiger partial charge in [0.05, 0.1) is 30.2 Å². The number of para-hydroxylation sites is 1. The molecule has 4 rings (SSSR count). The predicted octanol–water partition coefficient (Wildman–Crippen LogP) is 7.45. The summed E-state index contributed by atoms with van der Waals surface area (Å²) in [4.78, 5) is 32.1. The van der Waals surface area contributed by atoms with Gasteiger partial charge in [-0.2, -0.15) is 0 Å². The summed E-state index contributed by atoms with van der Waals surface area (Å²) in [5, 5.41) is 0.486. The first-order valence-corrected chi connectivity index (χ1v) is 15.9. The molecule has 0 saturated carbocycles. The van der Waals surface area contributed by atoms with E-state index in [9.17, 15) is 9.59 Å². The number of hydrogen-bond acceptors (Lipinski definition) is 6. The van der Waals surface area contributed by atoms with E-state index in [1.165, 1.54) is 0 Å². The van der Waals surface area contributed by atoms with Gasteiger partial charge < -0.3 is 23.7 Å². The zero-order valence-corrected chi connectivity index (χ0v) is 26.1. The highest BCUT2D eigenvalue weighted by Gasteiger charge is 2.42. The molecule has 1 unspecified atom stereocenters. The molecule has 2 heterocycles. The molecule has 0 fully saturated rings.